The lowest BCUT2D eigenvalue weighted by molar-refractivity contribution is 0.00578. The van der Waals surface area contributed by atoms with E-state index in [9.17, 15) is 0 Å². The largest absolute Gasteiger partial charge is 0.496 e. The van der Waals surface area contributed by atoms with E-state index in [-0.39, 0.29) is 0 Å². The zero-order valence-corrected chi connectivity index (χ0v) is 24.9. The maximum atomic E-state index is 6.69. The molecule has 0 aliphatic carbocycles. The summed E-state index contributed by atoms with van der Waals surface area (Å²) in [5.74, 6) is 0. The lowest BCUT2D eigenvalue weighted by Crippen LogP contribution is -2.41. The van der Waals surface area contributed by atoms with Gasteiger partial charge >= 0.3 is 7.12 Å². The summed E-state index contributed by atoms with van der Waals surface area (Å²) < 4.78 is 13.4. The van der Waals surface area contributed by atoms with E-state index in [0.29, 0.717) is 0 Å². The highest BCUT2D eigenvalue weighted by Gasteiger charge is 2.52. The molecule has 1 aliphatic heterocycles. The predicted octanol–water partition coefficient (Wildman–Crippen LogP) is 9.33. The Labute approximate surface area is 252 Å². The van der Waals surface area contributed by atoms with E-state index in [4.69, 9.17) is 9.31 Å². The van der Waals surface area contributed by atoms with Gasteiger partial charge in [0.15, 0.2) is 0 Å². The average molecular weight is 558 g/mol. The highest BCUT2D eigenvalue weighted by atomic mass is 16.7. The molecular formula is C39H32BNO2. The Bertz CT molecular complexity index is 2070. The van der Waals surface area contributed by atoms with E-state index in [0.717, 1.165) is 21.8 Å². The van der Waals surface area contributed by atoms with Gasteiger partial charge in [0.2, 0.25) is 0 Å². The van der Waals surface area contributed by atoms with Crippen molar-refractivity contribution >= 4 is 55.7 Å². The van der Waals surface area contributed by atoms with Crippen LogP contribution in [0.5, 0.6) is 0 Å². The Hall–Kier alpha value is -4.51. The summed E-state index contributed by atoms with van der Waals surface area (Å²) in [6, 6.07) is 39.3. The van der Waals surface area contributed by atoms with Crippen LogP contribution in [0, 0.1) is 0 Å². The van der Waals surface area contributed by atoms with Gasteiger partial charge in [0, 0.05) is 18.0 Å². The molecule has 1 fully saturated rings. The summed E-state index contributed by atoms with van der Waals surface area (Å²) in [6.45, 7) is 8.48. The summed E-state index contributed by atoms with van der Waals surface area (Å²) in [4.78, 5) is 4.48. The third-order valence-electron chi connectivity index (χ3n) is 9.59. The quantitative estimate of drug-likeness (QED) is 0.160. The average Bonchev–Trinajstić information content (AvgIpc) is 3.24. The van der Waals surface area contributed by atoms with Crippen molar-refractivity contribution in [2.75, 3.05) is 0 Å². The predicted molar refractivity (Wildman–Crippen MR) is 181 cm³/mol. The molecule has 3 nitrogen and oxygen atoms in total. The van der Waals surface area contributed by atoms with Crippen LogP contribution in [0.15, 0.2) is 122 Å². The molecule has 0 N–H and O–H groups in total. The summed E-state index contributed by atoms with van der Waals surface area (Å²) >= 11 is 0. The molecule has 43 heavy (non-hydrogen) atoms. The van der Waals surface area contributed by atoms with E-state index in [1.807, 2.05) is 18.5 Å². The Morgan fingerprint density at radius 1 is 0.465 bits per heavy atom. The highest BCUT2D eigenvalue weighted by molar-refractivity contribution is 6.69. The molecule has 1 aromatic heterocycles. The summed E-state index contributed by atoms with van der Waals surface area (Å²) in [6.07, 6.45) is 3.81. The van der Waals surface area contributed by atoms with Crippen molar-refractivity contribution < 1.29 is 9.31 Å². The minimum Gasteiger partial charge on any atom is -0.399 e. The number of nitrogens with zero attached hydrogens (tertiary/aromatic N) is 1. The molecule has 0 spiro atoms. The Balaban J connectivity index is 1.54. The topological polar surface area (TPSA) is 31.4 Å². The lowest BCUT2D eigenvalue weighted by atomic mass is 9.71. The van der Waals surface area contributed by atoms with Crippen LogP contribution >= 0.6 is 0 Å². The van der Waals surface area contributed by atoms with Gasteiger partial charge in [-0.3, -0.25) is 4.98 Å². The smallest absolute Gasteiger partial charge is 0.399 e. The third-order valence-corrected chi connectivity index (χ3v) is 9.59. The SMILES string of the molecule is CC1(C)OB(c2c3ccccc3c(-c3c4ccccc4c(-c4cccnc4)c4ccccc34)c3ccccc23)OC1(C)C. The molecule has 0 unspecified atom stereocenters. The van der Waals surface area contributed by atoms with Gasteiger partial charge in [0.25, 0.3) is 0 Å². The van der Waals surface area contributed by atoms with Crippen LogP contribution in [-0.2, 0) is 9.31 Å². The van der Waals surface area contributed by atoms with Crippen LogP contribution in [0.1, 0.15) is 27.7 Å². The van der Waals surface area contributed by atoms with Crippen molar-refractivity contribution in [2.24, 2.45) is 0 Å². The zero-order chi connectivity index (χ0) is 29.3. The molecule has 0 bridgehead atoms. The van der Waals surface area contributed by atoms with Crippen LogP contribution in [0.25, 0.3) is 65.3 Å². The summed E-state index contributed by atoms with van der Waals surface area (Å²) in [5, 5.41) is 9.56. The molecule has 1 saturated heterocycles. The zero-order valence-electron chi connectivity index (χ0n) is 24.9. The summed E-state index contributed by atoms with van der Waals surface area (Å²) in [5.41, 5.74) is 5.02. The molecule has 4 heteroatoms. The van der Waals surface area contributed by atoms with Crippen molar-refractivity contribution in [3.8, 4) is 22.3 Å². The van der Waals surface area contributed by atoms with E-state index in [1.54, 1.807) is 0 Å². The first kappa shape index (κ1) is 26.1. The minimum absolute atomic E-state index is 0.437. The maximum Gasteiger partial charge on any atom is 0.496 e. The highest BCUT2D eigenvalue weighted by Crippen LogP contribution is 2.47. The maximum absolute atomic E-state index is 6.69. The van der Waals surface area contributed by atoms with Gasteiger partial charge in [-0.15, -0.1) is 0 Å². The van der Waals surface area contributed by atoms with E-state index < -0.39 is 18.3 Å². The number of hydrogen-bond donors (Lipinski definition) is 0. The molecule has 2 heterocycles. The Kier molecular flexibility index (Phi) is 5.78. The van der Waals surface area contributed by atoms with E-state index in [2.05, 4.69) is 136 Å². The Morgan fingerprint density at radius 3 is 1.23 bits per heavy atom. The molecular weight excluding hydrogens is 525 g/mol. The molecule has 6 aromatic carbocycles. The van der Waals surface area contributed by atoms with Gasteiger partial charge in [0.05, 0.1) is 11.2 Å². The summed E-state index contributed by atoms with van der Waals surface area (Å²) in [7, 11) is -0.477. The van der Waals surface area contributed by atoms with Gasteiger partial charge in [-0.05, 0) is 99.0 Å². The van der Waals surface area contributed by atoms with Gasteiger partial charge in [-0.2, -0.15) is 0 Å². The fourth-order valence-electron chi connectivity index (χ4n) is 6.87. The van der Waals surface area contributed by atoms with Crippen LogP contribution in [0.4, 0.5) is 0 Å². The number of pyridine rings is 1. The fraction of sp³-hybridized carbons (Fsp3) is 0.154. The van der Waals surface area contributed by atoms with Gasteiger partial charge < -0.3 is 9.31 Å². The molecule has 0 saturated carbocycles. The Morgan fingerprint density at radius 2 is 0.837 bits per heavy atom. The monoisotopic (exact) mass is 557 g/mol. The van der Waals surface area contributed by atoms with Crippen molar-refractivity contribution in [3.05, 3.63) is 122 Å². The lowest BCUT2D eigenvalue weighted by Gasteiger charge is -2.32. The number of benzene rings is 6. The van der Waals surface area contributed by atoms with Gasteiger partial charge in [-0.25, -0.2) is 0 Å². The van der Waals surface area contributed by atoms with Crippen molar-refractivity contribution in [2.45, 2.75) is 38.9 Å². The van der Waals surface area contributed by atoms with Gasteiger partial charge in [0.1, 0.15) is 0 Å². The van der Waals surface area contributed by atoms with Gasteiger partial charge in [-0.1, -0.05) is 103 Å². The van der Waals surface area contributed by atoms with Crippen LogP contribution in [0.2, 0.25) is 0 Å². The van der Waals surface area contributed by atoms with E-state index >= 15 is 0 Å². The molecule has 0 amide bonds. The van der Waals surface area contributed by atoms with Crippen molar-refractivity contribution in [3.63, 3.8) is 0 Å². The minimum atomic E-state index is -0.477. The first-order chi connectivity index (χ1) is 20.9. The number of fused-ring (bicyclic) bond motifs is 4. The molecule has 8 rings (SSSR count). The van der Waals surface area contributed by atoms with Crippen molar-refractivity contribution in [1.29, 1.82) is 0 Å². The normalized spacial score (nSPS) is 16.0. The van der Waals surface area contributed by atoms with Crippen LogP contribution in [-0.4, -0.2) is 23.3 Å². The molecule has 7 aromatic rings. The van der Waals surface area contributed by atoms with Crippen LogP contribution < -0.4 is 5.46 Å². The fourth-order valence-corrected chi connectivity index (χ4v) is 6.87. The number of aromatic nitrogens is 1. The second kappa shape index (κ2) is 9.50. The number of rotatable bonds is 3. The standard InChI is InChI=1S/C39H32BNO2/c1-38(2)39(3,4)43-40(42-38)37-32-21-11-9-19-30(32)36(31-20-10-12-22-33(31)37)35-28-17-7-5-15-26(28)34(25-14-13-23-41-24-25)27-16-6-8-18-29(27)35/h5-24H,1-4H3. The molecule has 208 valence electrons. The molecule has 1 aliphatic rings. The third kappa shape index (κ3) is 3.87. The number of hydrogen-bond acceptors (Lipinski definition) is 3. The first-order valence-electron chi connectivity index (χ1n) is 15.0. The second-order valence-corrected chi connectivity index (χ2v) is 12.6. The van der Waals surface area contributed by atoms with Crippen LogP contribution in [0.3, 0.4) is 0 Å². The first-order valence-corrected chi connectivity index (χ1v) is 15.0. The second-order valence-electron chi connectivity index (χ2n) is 12.6. The molecule has 0 atom stereocenters. The van der Waals surface area contributed by atoms with Crippen molar-refractivity contribution in [1.82, 2.24) is 4.98 Å². The molecule has 0 radical (unpaired) electrons. The van der Waals surface area contributed by atoms with E-state index in [1.165, 1.54) is 49.0 Å².